The summed E-state index contributed by atoms with van der Waals surface area (Å²) < 4.78 is 0. The molecule has 1 saturated heterocycles. The summed E-state index contributed by atoms with van der Waals surface area (Å²) in [4.78, 5) is 28.8. The third-order valence-corrected chi connectivity index (χ3v) is 6.05. The fourth-order valence-electron chi connectivity index (χ4n) is 4.02. The molecule has 0 bridgehead atoms. The average molecular weight is 412 g/mol. The highest BCUT2D eigenvalue weighted by molar-refractivity contribution is 6.31. The van der Waals surface area contributed by atoms with Crippen molar-refractivity contribution in [3.63, 3.8) is 0 Å². The van der Waals surface area contributed by atoms with Gasteiger partial charge in [-0.05, 0) is 56.0 Å². The first kappa shape index (κ1) is 19.9. The van der Waals surface area contributed by atoms with Crippen LogP contribution in [0.2, 0.25) is 5.02 Å². The summed E-state index contributed by atoms with van der Waals surface area (Å²) in [6, 6.07) is 15.8. The SMILES string of the molecule is CC(c1ccccc1Cl)N(CC(=O)Nc1cccc(N2CCCC2=O)c1)C1CC1. The van der Waals surface area contributed by atoms with Crippen molar-refractivity contribution in [1.82, 2.24) is 4.90 Å². The van der Waals surface area contributed by atoms with Gasteiger partial charge in [-0.1, -0.05) is 35.9 Å². The van der Waals surface area contributed by atoms with Crippen molar-refractivity contribution < 1.29 is 9.59 Å². The van der Waals surface area contributed by atoms with Gasteiger partial charge >= 0.3 is 0 Å². The molecule has 29 heavy (non-hydrogen) atoms. The van der Waals surface area contributed by atoms with Crippen LogP contribution in [0.4, 0.5) is 11.4 Å². The van der Waals surface area contributed by atoms with Crippen LogP contribution in [0.3, 0.4) is 0 Å². The second kappa shape index (κ2) is 8.56. The molecule has 1 aliphatic heterocycles. The van der Waals surface area contributed by atoms with E-state index in [4.69, 9.17) is 11.6 Å². The van der Waals surface area contributed by atoms with E-state index in [9.17, 15) is 9.59 Å². The highest BCUT2D eigenvalue weighted by atomic mass is 35.5. The molecular formula is C23H26ClN3O2. The van der Waals surface area contributed by atoms with Crippen molar-refractivity contribution in [2.24, 2.45) is 0 Å². The number of anilines is 2. The van der Waals surface area contributed by atoms with E-state index in [2.05, 4.69) is 17.1 Å². The number of benzene rings is 2. The number of carbonyl (C=O) groups excluding carboxylic acids is 2. The molecule has 2 aliphatic rings. The summed E-state index contributed by atoms with van der Waals surface area (Å²) in [5.74, 6) is 0.0858. The summed E-state index contributed by atoms with van der Waals surface area (Å²) in [5, 5.41) is 3.73. The molecule has 4 rings (SSSR count). The molecule has 2 aromatic rings. The topological polar surface area (TPSA) is 52.7 Å². The lowest BCUT2D eigenvalue weighted by Crippen LogP contribution is -2.37. The van der Waals surface area contributed by atoms with Crippen molar-refractivity contribution >= 4 is 34.8 Å². The van der Waals surface area contributed by atoms with Gasteiger partial charge in [-0.2, -0.15) is 0 Å². The molecule has 0 spiro atoms. The maximum absolute atomic E-state index is 12.8. The number of carbonyl (C=O) groups is 2. The Balaban J connectivity index is 1.44. The lowest BCUT2D eigenvalue weighted by Gasteiger charge is -2.29. The van der Waals surface area contributed by atoms with Crippen LogP contribution in [0.15, 0.2) is 48.5 Å². The minimum absolute atomic E-state index is 0.0549. The largest absolute Gasteiger partial charge is 0.325 e. The van der Waals surface area contributed by atoms with Crippen molar-refractivity contribution in [1.29, 1.82) is 0 Å². The molecule has 2 amide bonds. The summed E-state index contributed by atoms with van der Waals surface area (Å²) in [6.07, 6.45) is 3.68. The van der Waals surface area contributed by atoms with E-state index in [-0.39, 0.29) is 17.9 Å². The number of halogens is 1. The van der Waals surface area contributed by atoms with Crippen LogP contribution in [-0.2, 0) is 9.59 Å². The number of hydrogen-bond donors (Lipinski definition) is 1. The average Bonchev–Trinajstić information content (AvgIpc) is 3.46. The molecule has 152 valence electrons. The first-order valence-corrected chi connectivity index (χ1v) is 10.6. The van der Waals surface area contributed by atoms with Gasteiger partial charge in [0, 0.05) is 41.4 Å². The van der Waals surface area contributed by atoms with Crippen molar-refractivity contribution in [2.45, 2.75) is 44.7 Å². The minimum Gasteiger partial charge on any atom is -0.325 e. The quantitative estimate of drug-likeness (QED) is 0.722. The standard InChI is InChI=1S/C23H26ClN3O2/c1-16(20-8-2-3-9-21(20)24)27(18-11-12-18)15-22(28)25-17-6-4-7-19(14-17)26-13-5-10-23(26)29/h2-4,6-9,14,16,18H,5,10-13,15H2,1H3,(H,25,28). The number of nitrogens with one attached hydrogen (secondary N) is 1. The van der Waals surface area contributed by atoms with Gasteiger partial charge in [0.25, 0.3) is 0 Å². The molecule has 0 radical (unpaired) electrons. The van der Waals surface area contributed by atoms with Gasteiger partial charge in [0.1, 0.15) is 0 Å². The van der Waals surface area contributed by atoms with Crippen molar-refractivity contribution in [2.75, 3.05) is 23.3 Å². The molecule has 6 heteroatoms. The molecule has 1 aliphatic carbocycles. The molecule has 5 nitrogen and oxygen atoms in total. The van der Waals surface area contributed by atoms with Crippen LogP contribution in [0, 0.1) is 0 Å². The zero-order valence-corrected chi connectivity index (χ0v) is 17.4. The smallest absolute Gasteiger partial charge is 0.238 e. The zero-order valence-electron chi connectivity index (χ0n) is 16.6. The van der Waals surface area contributed by atoms with Crippen molar-refractivity contribution in [3.8, 4) is 0 Å². The van der Waals surface area contributed by atoms with Gasteiger partial charge in [0.2, 0.25) is 11.8 Å². The molecule has 2 fully saturated rings. The second-order valence-corrected chi connectivity index (χ2v) is 8.26. The Morgan fingerprint density at radius 3 is 2.72 bits per heavy atom. The van der Waals surface area contributed by atoms with E-state index in [1.165, 1.54) is 0 Å². The molecule has 1 saturated carbocycles. The lowest BCUT2D eigenvalue weighted by molar-refractivity contribution is -0.118. The van der Waals surface area contributed by atoms with E-state index in [0.717, 1.165) is 42.1 Å². The Labute approximate surface area is 176 Å². The second-order valence-electron chi connectivity index (χ2n) is 7.85. The van der Waals surface area contributed by atoms with Crippen LogP contribution >= 0.6 is 11.6 Å². The molecule has 2 aromatic carbocycles. The third-order valence-electron chi connectivity index (χ3n) is 5.71. The number of amides is 2. The van der Waals surface area contributed by atoms with Gasteiger partial charge in [-0.25, -0.2) is 0 Å². The van der Waals surface area contributed by atoms with Gasteiger partial charge < -0.3 is 10.2 Å². The van der Waals surface area contributed by atoms with Gasteiger partial charge in [0.15, 0.2) is 0 Å². The van der Waals surface area contributed by atoms with E-state index in [1.54, 1.807) is 4.90 Å². The third kappa shape index (κ3) is 4.62. The molecular weight excluding hydrogens is 386 g/mol. The lowest BCUT2D eigenvalue weighted by atomic mass is 10.1. The van der Waals surface area contributed by atoms with E-state index >= 15 is 0 Å². The number of nitrogens with zero attached hydrogens (tertiary/aromatic N) is 2. The van der Waals surface area contributed by atoms with Crippen molar-refractivity contribution in [3.05, 3.63) is 59.1 Å². The summed E-state index contributed by atoms with van der Waals surface area (Å²) in [5.41, 5.74) is 2.60. The summed E-state index contributed by atoms with van der Waals surface area (Å²) in [6.45, 7) is 3.15. The first-order chi connectivity index (χ1) is 14.0. The predicted molar refractivity (Wildman–Crippen MR) is 116 cm³/mol. The first-order valence-electron chi connectivity index (χ1n) is 10.2. The number of rotatable bonds is 7. The monoisotopic (exact) mass is 411 g/mol. The zero-order chi connectivity index (χ0) is 20.4. The van der Waals surface area contributed by atoms with E-state index in [1.807, 2.05) is 48.5 Å². The van der Waals surface area contributed by atoms with E-state index in [0.29, 0.717) is 24.7 Å². The number of hydrogen-bond acceptors (Lipinski definition) is 3. The normalized spacial score (nSPS) is 17.6. The highest BCUT2D eigenvalue weighted by Gasteiger charge is 2.34. The maximum atomic E-state index is 12.8. The molecule has 0 aromatic heterocycles. The summed E-state index contributed by atoms with van der Waals surface area (Å²) >= 11 is 6.39. The fraction of sp³-hybridized carbons (Fsp3) is 0.391. The van der Waals surface area contributed by atoms with Crippen LogP contribution in [-0.4, -0.2) is 35.8 Å². The maximum Gasteiger partial charge on any atom is 0.238 e. The van der Waals surface area contributed by atoms with Gasteiger partial charge in [0.05, 0.1) is 6.54 Å². The van der Waals surface area contributed by atoms with Crippen LogP contribution in [0.25, 0.3) is 0 Å². The van der Waals surface area contributed by atoms with Crippen LogP contribution in [0.1, 0.15) is 44.2 Å². The Morgan fingerprint density at radius 2 is 2.03 bits per heavy atom. The predicted octanol–water partition coefficient (Wildman–Crippen LogP) is 4.63. The molecule has 1 N–H and O–H groups in total. The Hall–Kier alpha value is -2.37. The molecule has 1 heterocycles. The van der Waals surface area contributed by atoms with Crippen LogP contribution < -0.4 is 10.2 Å². The molecule has 1 atom stereocenters. The molecule has 1 unspecified atom stereocenters. The minimum atomic E-state index is -0.0549. The van der Waals surface area contributed by atoms with Gasteiger partial charge in [-0.15, -0.1) is 0 Å². The summed E-state index contributed by atoms with van der Waals surface area (Å²) in [7, 11) is 0. The Kier molecular flexibility index (Phi) is 5.88. The highest BCUT2D eigenvalue weighted by Crippen LogP contribution is 2.36. The fourth-order valence-corrected chi connectivity index (χ4v) is 4.31. The van der Waals surface area contributed by atoms with Crippen LogP contribution in [0.5, 0.6) is 0 Å². The Bertz CT molecular complexity index is 913. The Morgan fingerprint density at radius 1 is 1.24 bits per heavy atom. The van der Waals surface area contributed by atoms with E-state index < -0.39 is 0 Å². The van der Waals surface area contributed by atoms with Gasteiger partial charge in [-0.3, -0.25) is 14.5 Å².